The van der Waals surface area contributed by atoms with Crippen LogP contribution >= 0.6 is 11.3 Å². The first-order valence-electron chi connectivity index (χ1n) is 6.18. The molecule has 2 heterocycles. The zero-order valence-electron chi connectivity index (χ0n) is 11.4. The highest BCUT2D eigenvalue weighted by atomic mass is 32.1. The molecule has 0 radical (unpaired) electrons. The van der Waals surface area contributed by atoms with E-state index in [1.807, 2.05) is 12.1 Å². The summed E-state index contributed by atoms with van der Waals surface area (Å²) in [7, 11) is 0. The molecule has 0 aliphatic carbocycles. The van der Waals surface area contributed by atoms with Crippen molar-refractivity contribution in [1.29, 1.82) is 0 Å². The van der Waals surface area contributed by atoms with E-state index < -0.39 is 0 Å². The van der Waals surface area contributed by atoms with Gasteiger partial charge < -0.3 is 9.73 Å². The molecule has 0 saturated heterocycles. The van der Waals surface area contributed by atoms with Crippen LogP contribution in [0.5, 0.6) is 0 Å². The van der Waals surface area contributed by atoms with Gasteiger partial charge in [-0.05, 0) is 19.1 Å². The molecule has 0 aliphatic rings. The monoisotopic (exact) mass is 264 g/mol. The molecule has 2 aromatic rings. The van der Waals surface area contributed by atoms with Crippen molar-refractivity contribution in [3.63, 3.8) is 0 Å². The van der Waals surface area contributed by atoms with E-state index in [9.17, 15) is 0 Å². The number of aromatic nitrogens is 1. The van der Waals surface area contributed by atoms with Gasteiger partial charge in [-0.1, -0.05) is 20.8 Å². The van der Waals surface area contributed by atoms with Gasteiger partial charge in [-0.25, -0.2) is 4.98 Å². The first-order chi connectivity index (χ1) is 8.47. The van der Waals surface area contributed by atoms with Crippen molar-refractivity contribution in [1.82, 2.24) is 10.3 Å². The molecule has 1 N–H and O–H groups in total. The van der Waals surface area contributed by atoms with E-state index in [4.69, 9.17) is 4.42 Å². The predicted molar refractivity (Wildman–Crippen MR) is 74.8 cm³/mol. The van der Waals surface area contributed by atoms with Crippen LogP contribution in [0.25, 0.3) is 0 Å². The Balaban J connectivity index is 1.93. The lowest BCUT2D eigenvalue weighted by Gasteiger charge is -2.14. The van der Waals surface area contributed by atoms with Crippen molar-refractivity contribution in [2.24, 2.45) is 0 Å². The molecule has 4 heteroatoms. The predicted octanol–water partition coefficient (Wildman–Crippen LogP) is 3.88. The molecule has 3 nitrogen and oxygen atoms in total. The minimum atomic E-state index is 0.126. The van der Waals surface area contributed by atoms with E-state index in [-0.39, 0.29) is 11.5 Å². The van der Waals surface area contributed by atoms with Gasteiger partial charge in [0, 0.05) is 17.3 Å². The third-order valence-electron chi connectivity index (χ3n) is 2.85. The van der Waals surface area contributed by atoms with Crippen LogP contribution < -0.4 is 5.32 Å². The van der Waals surface area contributed by atoms with Crippen LogP contribution in [-0.4, -0.2) is 4.98 Å². The molecule has 1 unspecified atom stereocenters. The lowest BCUT2D eigenvalue weighted by atomic mass is 9.93. The Kier molecular flexibility index (Phi) is 3.88. The maximum atomic E-state index is 5.36. The van der Waals surface area contributed by atoms with Crippen LogP contribution in [0.15, 0.2) is 28.2 Å². The first-order valence-corrected chi connectivity index (χ1v) is 7.06. The molecule has 0 bridgehead atoms. The number of nitrogens with one attached hydrogen (secondary N) is 1. The van der Waals surface area contributed by atoms with Crippen LogP contribution in [0.3, 0.4) is 0 Å². The molecule has 0 spiro atoms. The van der Waals surface area contributed by atoms with Gasteiger partial charge in [-0.15, -0.1) is 11.3 Å². The average molecular weight is 264 g/mol. The second kappa shape index (κ2) is 5.24. The van der Waals surface area contributed by atoms with Crippen LogP contribution in [0.2, 0.25) is 0 Å². The van der Waals surface area contributed by atoms with Crippen molar-refractivity contribution in [3.05, 3.63) is 40.2 Å². The minimum absolute atomic E-state index is 0.126. The normalized spacial score (nSPS) is 13.8. The summed E-state index contributed by atoms with van der Waals surface area (Å²) < 4.78 is 5.36. The molecular formula is C14H20N2OS. The highest BCUT2D eigenvalue weighted by molar-refractivity contribution is 7.09. The Morgan fingerprint density at radius 3 is 2.78 bits per heavy atom. The zero-order chi connectivity index (χ0) is 13.2. The summed E-state index contributed by atoms with van der Waals surface area (Å²) in [5, 5.41) is 6.69. The van der Waals surface area contributed by atoms with E-state index in [1.165, 1.54) is 0 Å². The summed E-state index contributed by atoms with van der Waals surface area (Å²) >= 11 is 1.71. The Labute approximate surface area is 112 Å². The Morgan fingerprint density at radius 1 is 1.44 bits per heavy atom. The van der Waals surface area contributed by atoms with E-state index in [0.29, 0.717) is 0 Å². The van der Waals surface area contributed by atoms with Gasteiger partial charge in [0.2, 0.25) is 0 Å². The number of hydrogen-bond donors (Lipinski definition) is 1. The second-order valence-electron chi connectivity index (χ2n) is 5.49. The van der Waals surface area contributed by atoms with Crippen LogP contribution in [0, 0.1) is 0 Å². The molecule has 0 aromatic carbocycles. The minimum Gasteiger partial charge on any atom is -0.468 e. The maximum Gasteiger partial charge on any atom is 0.120 e. The van der Waals surface area contributed by atoms with Crippen molar-refractivity contribution >= 4 is 11.3 Å². The van der Waals surface area contributed by atoms with Crippen LogP contribution in [-0.2, 0) is 12.0 Å². The summed E-state index contributed by atoms with van der Waals surface area (Å²) in [6.07, 6.45) is 1.70. The van der Waals surface area contributed by atoms with Crippen molar-refractivity contribution in [3.8, 4) is 0 Å². The second-order valence-corrected chi connectivity index (χ2v) is 6.44. The Morgan fingerprint density at radius 2 is 2.22 bits per heavy atom. The number of thiazole rings is 1. The van der Waals surface area contributed by atoms with Crippen LogP contribution in [0.4, 0.5) is 0 Å². The summed E-state index contributed by atoms with van der Waals surface area (Å²) in [4.78, 5) is 4.66. The highest BCUT2D eigenvalue weighted by Gasteiger charge is 2.17. The third-order valence-corrected chi connectivity index (χ3v) is 3.70. The molecule has 0 aliphatic heterocycles. The van der Waals surface area contributed by atoms with Gasteiger partial charge in [-0.2, -0.15) is 0 Å². The summed E-state index contributed by atoms with van der Waals surface area (Å²) in [6.45, 7) is 9.43. The fraction of sp³-hybridized carbons (Fsp3) is 0.500. The number of hydrogen-bond acceptors (Lipinski definition) is 4. The molecule has 2 aromatic heterocycles. The molecule has 98 valence electrons. The lowest BCUT2D eigenvalue weighted by molar-refractivity contribution is 0.429. The molecule has 18 heavy (non-hydrogen) atoms. The Hall–Kier alpha value is -1.13. The van der Waals surface area contributed by atoms with Gasteiger partial charge in [0.25, 0.3) is 0 Å². The molecule has 0 saturated carbocycles. The van der Waals surface area contributed by atoms with E-state index in [0.717, 1.165) is 23.0 Å². The summed E-state index contributed by atoms with van der Waals surface area (Å²) in [5.41, 5.74) is 1.29. The first kappa shape index (κ1) is 13.3. The molecule has 1 atom stereocenters. The highest BCUT2D eigenvalue weighted by Crippen LogP contribution is 2.24. The standard InChI is InChI=1S/C14H20N2OS/c1-10(11-6-5-7-17-11)15-8-13-16-12(9-18-13)14(2,3)4/h5-7,9-10,15H,8H2,1-4H3. The third kappa shape index (κ3) is 3.21. The summed E-state index contributed by atoms with van der Waals surface area (Å²) in [5.74, 6) is 0.961. The zero-order valence-corrected chi connectivity index (χ0v) is 12.2. The molecular weight excluding hydrogens is 244 g/mol. The number of nitrogens with zero attached hydrogens (tertiary/aromatic N) is 1. The van der Waals surface area contributed by atoms with Crippen molar-refractivity contribution < 1.29 is 4.42 Å². The van der Waals surface area contributed by atoms with Gasteiger partial charge in [0.15, 0.2) is 0 Å². The summed E-state index contributed by atoms with van der Waals surface area (Å²) in [6, 6.07) is 4.11. The number of rotatable bonds is 4. The molecule has 2 rings (SSSR count). The quantitative estimate of drug-likeness (QED) is 0.910. The van der Waals surface area contributed by atoms with Gasteiger partial charge in [0.05, 0.1) is 18.0 Å². The van der Waals surface area contributed by atoms with Gasteiger partial charge in [-0.3, -0.25) is 0 Å². The van der Waals surface area contributed by atoms with E-state index in [1.54, 1.807) is 17.6 Å². The van der Waals surface area contributed by atoms with E-state index >= 15 is 0 Å². The fourth-order valence-electron chi connectivity index (χ4n) is 1.62. The largest absolute Gasteiger partial charge is 0.468 e. The van der Waals surface area contributed by atoms with Crippen molar-refractivity contribution in [2.45, 2.75) is 45.7 Å². The SMILES string of the molecule is CC(NCc1nc(C(C)(C)C)cs1)c1ccco1. The van der Waals surface area contributed by atoms with Crippen molar-refractivity contribution in [2.75, 3.05) is 0 Å². The number of furan rings is 1. The maximum absolute atomic E-state index is 5.36. The lowest BCUT2D eigenvalue weighted by Crippen LogP contribution is -2.18. The fourth-order valence-corrected chi connectivity index (χ4v) is 2.59. The Bertz CT molecular complexity index is 482. The van der Waals surface area contributed by atoms with Gasteiger partial charge >= 0.3 is 0 Å². The van der Waals surface area contributed by atoms with Gasteiger partial charge in [0.1, 0.15) is 10.8 Å². The topological polar surface area (TPSA) is 38.1 Å². The molecule has 0 amide bonds. The average Bonchev–Trinajstić information content (AvgIpc) is 2.96. The smallest absolute Gasteiger partial charge is 0.120 e. The molecule has 0 fully saturated rings. The van der Waals surface area contributed by atoms with Crippen LogP contribution in [0.1, 0.15) is 50.2 Å². The van der Waals surface area contributed by atoms with E-state index in [2.05, 4.69) is 43.4 Å².